The summed E-state index contributed by atoms with van der Waals surface area (Å²) in [7, 11) is 3.32. The SMILES string of the molecule is COc1ccccc1N=C1C(=Nc2ccccc2OC)c2cccc3cccc1c23. The van der Waals surface area contributed by atoms with Crippen LogP contribution in [0.2, 0.25) is 0 Å². The van der Waals surface area contributed by atoms with Crippen molar-refractivity contribution >= 4 is 33.6 Å². The van der Waals surface area contributed by atoms with Gasteiger partial charge in [-0.15, -0.1) is 0 Å². The molecule has 4 nitrogen and oxygen atoms in total. The van der Waals surface area contributed by atoms with Crippen molar-refractivity contribution in [2.24, 2.45) is 9.98 Å². The fourth-order valence-corrected chi connectivity index (χ4v) is 3.90. The average molecular weight is 392 g/mol. The zero-order valence-electron chi connectivity index (χ0n) is 16.8. The van der Waals surface area contributed by atoms with E-state index in [1.807, 2.05) is 48.5 Å². The fraction of sp³-hybridized carbons (Fsp3) is 0.0769. The molecule has 0 amide bonds. The molecule has 0 aromatic heterocycles. The molecule has 4 heteroatoms. The molecule has 5 rings (SSSR count). The predicted octanol–water partition coefficient (Wildman–Crippen LogP) is 6.11. The van der Waals surface area contributed by atoms with E-state index in [1.165, 1.54) is 10.8 Å². The number of benzene rings is 4. The smallest absolute Gasteiger partial charge is 0.144 e. The molecule has 146 valence electrons. The van der Waals surface area contributed by atoms with Crippen LogP contribution in [0.25, 0.3) is 10.8 Å². The molecule has 0 aliphatic heterocycles. The van der Waals surface area contributed by atoms with Crippen molar-refractivity contribution in [3.8, 4) is 11.5 Å². The third kappa shape index (κ3) is 2.94. The van der Waals surface area contributed by atoms with E-state index in [1.54, 1.807) is 14.2 Å². The van der Waals surface area contributed by atoms with Gasteiger partial charge in [-0.2, -0.15) is 0 Å². The Bertz CT molecular complexity index is 1220. The van der Waals surface area contributed by atoms with Crippen molar-refractivity contribution in [1.29, 1.82) is 0 Å². The molecule has 4 aromatic carbocycles. The van der Waals surface area contributed by atoms with Crippen molar-refractivity contribution in [1.82, 2.24) is 0 Å². The van der Waals surface area contributed by atoms with Crippen LogP contribution in [-0.4, -0.2) is 25.6 Å². The van der Waals surface area contributed by atoms with E-state index in [-0.39, 0.29) is 0 Å². The van der Waals surface area contributed by atoms with Crippen LogP contribution in [0, 0.1) is 0 Å². The minimum atomic E-state index is 0.727. The molecule has 0 radical (unpaired) electrons. The van der Waals surface area contributed by atoms with Crippen LogP contribution in [0.15, 0.2) is 94.9 Å². The van der Waals surface area contributed by atoms with Gasteiger partial charge in [-0.1, -0.05) is 60.7 Å². The molecule has 1 aliphatic carbocycles. The van der Waals surface area contributed by atoms with Crippen molar-refractivity contribution in [3.63, 3.8) is 0 Å². The maximum atomic E-state index is 5.53. The zero-order chi connectivity index (χ0) is 20.5. The maximum absolute atomic E-state index is 5.53. The Balaban J connectivity index is 1.80. The van der Waals surface area contributed by atoms with E-state index in [0.29, 0.717) is 0 Å². The van der Waals surface area contributed by atoms with Gasteiger partial charge in [0.05, 0.1) is 25.6 Å². The Morgan fingerprint density at radius 3 is 1.47 bits per heavy atom. The van der Waals surface area contributed by atoms with Crippen LogP contribution in [-0.2, 0) is 0 Å². The number of nitrogens with zero attached hydrogens (tertiary/aromatic N) is 2. The molecule has 0 heterocycles. The fourth-order valence-electron chi connectivity index (χ4n) is 3.90. The lowest BCUT2D eigenvalue weighted by atomic mass is 10.1. The number of rotatable bonds is 4. The lowest BCUT2D eigenvalue weighted by molar-refractivity contribution is 0.416. The molecular weight excluding hydrogens is 372 g/mol. The lowest BCUT2D eigenvalue weighted by Gasteiger charge is -2.08. The van der Waals surface area contributed by atoms with Gasteiger partial charge in [0.15, 0.2) is 0 Å². The molecule has 0 spiro atoms. The highest BCUT2D eigenvalue weighted by atomic mass is 16.5. The van der Waals surface area contributed by atoms with Gasteiger partial charge in [0.2, 0.25) is 0 Å². The summed E-state index contributed by atoms with van der Waals surface area (Å²) in [5.41, 5.74) is 5.35. The monoisotopic (exact) mass is 392 g/mol. The third-order valence-corrected chi connectivity index (χ3v) is 5.27. The first-order chi connectivity index (χ1) is 14.8. The molecule has 4 aromatic rings. The molecule has 0 unspecified atom stereocenters. The highest BCUT2D eigenvalue weighted by Gasteiger charge is 2.27. The van der Waals surface area contributed by atoms with Crippen molar-refractivity contribution in [3.05, 3.63) is 96.1 Å². The molecule has 0 bridgehead atoms. The molecular formula is C26H20N2O2. The van der Waals surface area contributed by atoms with E-state index in [9.17, 15) is 0 Å². The quantitative estimate of drug-likeness (QED) is 0.420. The van der Waals surface area contributed by atoms with Gasteiger partial charge in [-0.25, -0.2) is 9.98 Å². The van der Waals surface area contributed by atoms with Crippen LogP contribution < -0.4 is 9.47 Å². The number of aliphatic imine (C=N–C) groups is 2. The summed E-state index contributed by atoms with van der Waals surface area (Å²) in [5, 5.41) is 2.34. The van der Waals surface area contributed by atoms with E-state index in [2.05, 4.69) is 36.4 Å². The number of ether oxygens (including phenoxy) is 2. The molecule has 1 aliphatic rings. The Hall–Kier alpha value is -3.92. The van der Waals surface area contributed by atoms with Crippen molar-refractivity contribution in [2.75, 3.05) is 14.2 Å². The van der Waals surface area contributed by atoms with Crippen LogP contribution in [0.3, 0.4) is 0 Å². The summed E-state index contributed by atoms with van der Waals surface area (Å²) in [6, 6.07) is 28.1. The average Bonchev–Trinajstić information content (AvgIpc) is 3.09. The Morgan fingerprint density at radius 2 is 1.00 bits per heavy atom. The second kappa shape index (κ2) is 7.48. The van der Waals surface area contributed by atoms with E-state index in [0.717, 1.165) is 45.4 Å². The summed E-state index contributed by atoms with van der Waals surface area (Å²) < 4.78 is 11.1. The normalized spacial score (nSPS) is 15.1. The molecule has 0 N–H and O–H groups in total. The minimum Gasteiger partial charge on any atom is -0.494 e. The first-order valence-electron chi connectivity index (χ1n) is 9.76. The van der Waals surface area contributed by atoms with Crippen LogP contribution in [0.5, 0.6) is 11.5 Å². The summed E-state index contributed by atoms with van der Waals surface area (Å²) in [5.74, 6) is 1.45. The van der Waals surface area contributed by atoms with Crippen LogP contribution >= 0.6 is 0 Å². The topological polar surface area (TPSA) is 43.2 Å². The number of hydrogen-bond acceptors (Lipinski definition) is 4. The first-order valence-corrected chi connectivity index (χ1v) is 9.76. The summed E-state index contributed by atoms with van der Waals surface area (Å²) in [6.07, 6.45) is 0. The van der Waals surface area contributed by atoms with Crippen LogP contribution in [0.1, 0.15) is 11.1 Å². The summed E-state index contributed by atoms with van der Waals surface area (Å²) in [6.45, 7) is 0. The molecule has 0 fully saturated rings. The Labute approximate surface area is 175 Å². The van der Waals surface area contributed by atoms with Gasteiger partial charge in [0, 0.05) is 16.5 Å². The summed E-state index contributed by atoms with van der Waals surface area (Å²) >= 11 is 0. The second-order valence-electron chi connectivity index (χ2n) is 6.97. The molecule has 30 heavy (non-hydrogen) atoms. The zero-order valence-corrected chi connectivity index (χ0v) is 16.8. The largest absolute Gasteiger partial charge is 0.494 e. The first kappa shape index (κ1) is 18.1. The van der Waals surface area contributed by atoms with Gasteiger partial charge in [0.1, 0.15) is 22.9 Å². The van der Waals surface area contributed by atoms with E-state index >= 15 is 0 Å². The predicted molar refractivity (Wildman–Crippen MR) is 122 cm³/mol. The van der Waals surface area contributed by atoms with Gasteiger partial charge < -0.3 is 9.47 Å². The Kier molecular flexibility index (Phi) is 4.52. The third-order valence-electron chi connectivity index (χ3n) is 5.27. The van der Waals surface area contributed by atoms with Gasteiger partial charge >= 0.3 is 0 Å². The van der Waals surface area contributed by atoms with E-state index in [4.69, 9.17) is 19.5 Å². The van der Waals surface area contributed by atoms with Gasteiger partial charge in [-0.3, -0.25) is 0 Å². The molecule has 0 saturated heterocycles. The van der Waals surface area contributed by atoms with Crippen molar-refractivity contribution in [2.45, 2.75) is 0 Å². The van der Waals surface area contributed by atoms with Gasteiger partial charge in [0.25, 0.3) is 0 Å². The van der Waals surface area contributed by atoms with Crippen LogP contribution in [0.4, 0.5) is 11.4 Å². The van der Waals surface area contributed by atoms with E-state index < -0.39 is 0 Å². The summed E-state index contributed by atoms with van der Waals surface area (Å²) in [4.78, 5) is 10.0. The number of hydrogen-bond donors (Lipinski definition) is 0. The molecule has 0 saturated carbocycles. The highest BCUT2D eigenvalue weighted by Crippen LogP contribution is 2.37. The second-order valence-corrected chi connectivity index (χ2v) is 6.97. The number of para-hydroxylation sites is 4. The Morgan fingerprint density at radius 1 is 0.533 bits per heavy atom. The number of methoxy groups -OCH3 is 2. The molecule has 0 atom stereocenters. The van der Waals surface area contributed by atoms with Crippen molar-refractivity contribution < 1.29 is 9.47 Å². The van der Waals surface area contributed by atoms with Gasteiger partial charge in [-0.05, 0) is 29.7 Å². The maximum Gasteiger partial charge on any atom is 0.144 e. The standard InChI is InChI=1S/C26H20N2O2/c1-29-22-15-5-3-13-20(22)27-25-18-11-7-9-17-10-8-12-19(24(17)18)26(25)28-21-14-4-6-16-23(21)30-2/h3-16H,1-2H3. The lowest BCUT2D eigenvalue weighted by Crippen LogP contribution is -2.10. The minimum absolute atomic E-state index is 0.727. The highest BCUT2D eigenvalue weighted by molar-refractivity contribution is 6.61.